The molecule has 4 rings (SSSR count). The molecule has 0 atom stereocenters. The van der Waals surface area contributed by atoms with Crippen LogP contribution in [0.15, 0.2) is 126 Å². The number of nitrogens with zero attached hydrogens (tertiary/aromatic N) is 1. The average molecular weight is 347 g/mol. The Hall–Kier alpha value is -3.45. The van der Waals surface area contributed by atoms with E-state index in [0.29, 0.717) is 0 Å². The minimum absolute atomic E-state index is 0.0530. The Labute approximate surface area is 160 Å². The summed E-state index contributed by atoms with van der Waals surface area (Å²) in [5.74, 6) is 0. The second-order valence-corrected chi connectivity index (χ2v) is 6.43. The second kappa shape index (κ2) is 8.29. The Balaban J connectivity index is 1.90. The molecule has 0 fully saturated rings. The molecule has 4 aromatic carbocycles. The van der Waals surface area contributed by atoms with Crippen molar-refractivity contribution in [2.24, 2.45) is 4.99 Å². The van der Waals surface area contributed by atoms with Crippen LogP contribution in [0.25, 0.3) is 0 Å². The first kappa shape index (κ1) is 17.0. The highest BCUT2D eigenvalue weighted by Crippen LogP contribution is 2.28. The van der Waals surface area contributed by atoms with Crippen LogP contribution in [0.4, 0.5) is 0 Å². The minimum atomic E-state index is -0.0530. The third-order valence-electron chi connectivity index (χ3n) is 4.58. The van der Waals surface area contributed by atoms with Gasteiger partial charge in [0, 0.05) is 11.1 Å². The van der Waals surface area contributed by atoms with Gasteiger partial charge in [-0.2, -0.15) is 0 Å². The van der Waals surface area contributed by atoms with E-state index in [0.717, 1.165) is 16.8 Å². The lowest BCUT2D eigenvalue weighted by atomic mass is 9.97. The normalized spacial score (nSPS) is 10.6. The molecular weight excluding hydrogens is 326 g/mol. The Kier molecular flexibility index (Phi) is 5.21. The van der Waals surface area contributed by atoms with Gasteiger partial charge in [0.2, 0.25) is 0 Å². The van der Waals surface area contributed by atoms with Crippen LogP contribution >= 0.6 is 0 Å². The van der Waals surface area contributed by atoms with Gasteiger partial charge in [-0.25, -0.2) is 0 Å². The Morgan fingerprint density at radius 1 is 0.444 bits per heavy atom. The number of aliphatic imine (C=N–C) groups is 1. The molecule has 0 bridgehead atoms. The molecule has 0 N–H and O–H groups in total. The first-order chi connectivity index (χ1) is 13.4. The zero-order valence-corrected chi connectivity index (χ0v) is 15.1. The van der Waals surface area contributed by atoms with E-state index in [1.54, 1.807) is 0 Å². The minimum Gasteiger partial charge on any atom is -0.271 e. The van der Waals surface area contributed by atoms with Crippen molar-refractivity contribution < 1.29 is 0 Å². The smallest absolute Gasteiger partial charge is 0.101 e. The molecule has 0 aliphatic carbocycles. The zero-order chi connectivity index (χ0) is 18.3. The van der Waals surface area contributed by atoms with Crippen LogP contribution in [0.2, 0.25) is 0 Å². The Bertz CT molecular complexity index is 910. The standard InChI is InChI=1S/C26H21N/c1-5-13-21(14-6-1)25(22-15-7-2-8-16-22)27-26(23-17-9-3-10-18-23)24-19-11-4-12-20-24/h1-20,25H. The number of hydrogen-bond acceptors (Lipinski definition) is 1. The fourth-order valence-electron chi connectivity index (χ4n) is 3.25. The molecule has 0 amide bonds. The lowest BCUT2D eigenvalue weighted by Gasteiger charge is -2.17. The third kappa shape index (κ3) is 4.04. The highest BCUT2D eigenvalue weighted by atomic mass is 14.8. The first-order valence-corrected chi connectivity index (χ1v) is 9.20. The van der Waals surface area contributed by atoms with Crippen molar-refractivity contribution in [3.05, 3.63) is 144 Å². The molecule has 0 saturated heterocycles. The van der Waals surface area contributed by atoms with Crippen molar-refractivity contribution >= 4 is 5.71 Å². The van der Waals surface area contributed by atoms with Crippen LogP contribution in [0.1, 0.15) is 28.3 Å². The van der Waals surface area contributed by atoms with E-state index in [2.05, 4.69) is 97.1 Å². The van der Waals surface area contributed by atoms with Crippen molar-refractivity contribution in [2.45, 2.75) is 6.04 Å². The molecule has 1 heteroatoms. The summed E-state index contributed by atoms with van der Waals surface area (Å²) >= 11 is 0. The predicted octanol–water partition coefficient (Wildman–Crippen LogP) is 6.31. The molecule has 0 aliphatic rings. The molecule has 0 radical (unpaired) electrons. The van der Waals surface area contributed by atoms with Crippen LogP contribution in [0.3, 0.4) is 0 Å². The van der Waals surface area contributed by atoms with Crippen molar-refractivity contribution in [1.29, 1.82) is 0 Å². The summed E-state index contributed by atoms with van der Waals surface area (Å²) < 4.78 is 0. The molecule has 0 saturated carbocycles. The molecule has 4 aromatic rings. The van der Waals surface area contributed by atoms with Gasteiger partial charge in [0.15, 0.2) is 0 Å². The van der Waals surface area contributed by atoms with E-state index in [1.165, 1.54) is 11.1 Å². The molecule has 130 valence electrons. The summed E-state index contributed by atoms with van der Waals surface area (Å²) in [6, 6.07) is 41.8. The van der Waals surface area contributed by atoms with Gasteiger partial charge in [0.1, 0.15) is 6.04 Å². The molecular formula is C26H21N. The SMILES string of the molecule is c1ccc(C(=NC(c2ccccc2)c2ccccc2)c2ccccc2)cc1. The van der Waals surface area contributed by atoms with Gasteiger partial charge in [-0.05, 0) is 11.1 Å². The average Bonchev–Trinajstić information content (AvgIpc) is 2.77. The molecule has 0 spiro atoms. The lowest BCUT2D eigenvalue weighted by molar-refractivity contribution is 0.873. The summed E-state index contributed by atoms with van der Waals surface area (Å²) in [5, 5.41) is 0. The summed E-state index contributed by atoms with van der Waals surface area (Å²) in [6.07, 6.45) is 0. The highest BCUT2D eigenvalue weighted by Gasteiger charge is 2.15. The molecule has 0 aromatic heterocycles. The topological polar surface area (TPSA) is 12.4 Å². The van der Waals surface area contributed by atoms with E-state index < -0.39 is 0 Å². The third-order valence-corrected chi connectivity index (χ3v) is 4.58. The largest absolute Gasteiger partial charge is 0.271 e. The highest BCUT2D eigenvalue weighted by molar-refractivity contribution is 6.13. The van der Waals surface area contributed by atoms with Gasteiger partial charge in [-0.3, -0.25) is 4.99 Å². The van der Waals surface area contributed by atoms with E-state index in [1.807, 2.05) is 24.3 Å². The van der Waals surface area contributed by atoms with E-state index in [9.17, 15) is 0 Å². The predicted molar refractivity (Wildman–Crippen MR) is 113 cm³/mol. The summed E-state index contributed by atoms with van der Waals surface area (Å²) in [5.41, 5.74) is 5.64. The second-order valence-electron chi connectivity index (χ2n) is 6.43. The van der Waals surface area contributed by atoms with Crippen LogP contribution in [0.5, 0.6) is 0 Å². The quantitative estimate of drug-likeness (QED) is 0.375. The van der Waals surface area contributed by atoms with Crippen LogP contribution in [-0.4, -0.2) is 5.71 Å². The Morgan fingerprint density at radius 3 is 1.15 bits per heavy atom. The fraction of sp³-hybridized carbons (Fsp3) is 0.0385. The van der Waals surface area contributed by atoms with Gasteiger partial charge in [0.25, 0.3) is 0 Å². The van der Waals surface area contributed by atoms with E-state index >= 15 is 0 Å². The van der Waals surface area contributed by atoms with Crippen LogP contribution in [0, 0.1) is 0 Å². The van der Waals surface area contributed by atoms with Crippen molar-refractivity contribution in [1.82, 2.24) is 0 Å². The van der Waals surface area contributed by atoms with Gasteiger partial charge < -0.3 is 0 Å². The Morgan fingerprint density at radius 2 is 0.778 bits per heavy atom. The van der Waals surface area contributed by atoms with Crippen LogP contribution < -0.4 is 0 Å². The van der Waals surface area contributed by atoms with Crippen molar-refractivity contribution in [2.75, 3.05) is 0 Å². The number of benzene rings is 4. The monoisotopic (exact) mass is 347 g/mol. The summed E-state index contributed by atoms with van der Waals surface area (Å²) in [4.78, 5) is 5.27. The first-order valence-electron chi connectivity index (χ1n) is 9.20. The van der Waals surface area contributed by atoms with E-state index in [-0.39, 0.29) is 6.04 Å². The number of rotatable bonds is 5. The van der Waals surface area contributed by atoms with Gasteiger partial charge in [-0.1, -0.05) is 121 Å². The lowest BCUT2D eigenvalue weighted by Crippen LogP contribution is -2.08. The van der Waals surface area contributed by atoms with Gasteiger partial charge in [0.05, 0.1) is 5.71 Å². The maximum absolute atomic E-state index is 5.27. The fourth-order valence-corrected chi connectivity index (χ4v) is 3.25. The summed E-state index contributed by atoms with van der Waals surface area (Å²) in [6.45, 7) is 0. The maximum Gasteiger partial charge on any atom is 0.101 e. The molecule has 27 heavy (non-hydrogen) atoms. The van der Waals surface area contributed by atoms with Crippen LogP contribution in [-0.2, 0) is 0 Å². The molecule has 1 nitrogen and oxygen atoms in total. The molecule has 0 unspecified atom stereocenters. The van der Waals surface area contributed by atoms with Crippen molar-refractivity contribution in [3.63, 3.8) is 0 Å². The maximum atomic E-state index is 5.27. The molecule has 0 heterocycles. The zero-order valence-electron chi connectivity index (χ0n) is 15.1. The van der Waals surface area contributed by atoms with E-state index in [4.69, 9.17) is 4.99 Å². The van der Waals surface area contributed by atoms with Gasteiger partial charge >= 0.3 is 0 Å². The summed E-state index contributed by atoms with van der Waals surface area (Å²) in [7, 11) is 0. The molecule has 0 aliphatic heterocycles. The van der Waals surface area contributed by atoms with Crippen molar-refractivity contribution in [3.8, 4) is 0 Å². The van der Waals surface area contributed by atoms with Gasteiger partial charge in [-0.15, -0.1) is 0 Å². The number of hydrogen-bond donors (Lipinski definition) is 0.